The molecule has 0 spiro atoms. The molecule has 1 heteroatoms. The monoisotopic (exact) mass is 192 g/mol. The van der Waals surface area contributed by atoms with Crippen molar-refractivity contribution in [3.05, 3.63) is 21.3 Å². The van der Waals surface area contributed by atoms with Crippen LogP contribution < -0.4 is 0 Å². The van der Waals surface area contributed by atoms with E-state index in [1.807, 2.05) is 0 Å². The molecule has 0 saturated heterocycles. The van der Waals surface area contributed by atoms with E-state index >= 15 is 0 Å². The number of halogens is 1. The van der Waals surface area contributed by atoms with E-state index < -0.39 is 0 Å². The summed E-state index contributed by atoms with van der Waals surface area (Å²) in [6.45, 7) is 2.10. The van der Waals surface area contributed by atoms with Gasteiger partial charge in [-0.15, -0.1) is 0 Å². The second-order valence-corrected chi connectivity index (χ2v) is 2.66. The lowest BCUT2D eigenvalue weighted by molar-refractivity contribution is 1.46. The van der Waals surface area contributed by atoms with E-state index in [4.69, 9.17) is 0 Å². The highest BCUT2D eigenvalue weighted by molar-refractivity contribution is 14.1. The number of rotatable bonds is 0. The average Bonchev–Trinajstić information content (AvgIpc) is 1.33. The van der Waals surface area contributed by atoms with Crippen molar-refractivity contribution in [1.82, 2.24) is 0 Å². The van der Waals surface area contributed by atoms with Crippen LogP contribution in [0.15, 0.2) is 21.3 Å². The van der Waals surface area contributed by atoms with Gasteiger partial charge < -0.3 is 0 Å². The van der Waals surface area contributed by atoms with Crippen molar-refractivity contribution in [2.75, 3.05) is 0 Å². The fourth-order valence-corrected chi connectivity index (χ4v) is 1.40. The van der Waals surface area contributed by atoms with Gasteiger partial charge in [-0.3, -0.25) is 0 Å². The first-order valence-corrected chi connectivity index (χ1v) is 2.92. The molecule has 1 aliphatic rings. The van der Waals surface area contributed by atoms with Crippen molar-refractivity contribution < 1.29 is 0 Å². The Morgan fingerprint density at radius 1 is 1.50 bits per heavy atom. The summed E-state index contributed by atoms with van der Waals surface area (Å²) in [5, 5.41) is 0. The van der Waals surface area contributed by atoms with Gasteiger partial charge in [0.2, 0.25) is 0 Å². The van der Waals surface area contributed by atoms with Crippen molar-refractivity contribution in [2.24, 2.45) is 0 Å². The minimum absolute atomic E-state index is 1.37. The van der Waals surface area contributed by atoms with Crippen LogP contribution in [0.1, 0.15) is 6.92 Å². The van der Waals surface area contributed by atoms with Gasteiger partial charge in [-0.05, 0) is 47.2 Å². The van der Waals surface area contributed by atoms with Crippen LogP contribution in [0, 0.1) is 0 Å². The quantitative estimate of drug-likeness (QED) is 0.516. The Kier molecular flexibility index (Phi) is 0.998. The van der Waals surface area contributed by atoms with Gasteiger partial charge in [0.1, 0.15) is 0 Å². The van der Waals surface area contributed by atoms with Crippen LogP contribution in [0.4, 0.5) is 0 Å². The third-order valence-electron chi connectivity index (χ3n) is 0.731. The van der Waals surface area contributed by atoms with Gasteiger partial charge in [-0.2, -0.15) is 0 Å². The Bertz CT molecular complexity index is 98.4. The highest BCUT2D eigenvalue weighted by Crippen LogP contribution is 2.21. The maximum atomic E-state index is 2.29. The first kappa shape index (κ1) is 4.37. The zero-order chi connectivity index (χ0) is 4.57. The summed E-state index contributed by atoms with van der Waals surface area (Å²) in [6, 6.07) is 0. The van der Waals surface area contributed by atoms with Gasteiger partial charge in [0.25, 0.3) is 0 Å². The lowest BCUT2D eigenvalue weighted by atomic mass is 10.1. The van der Waals surface area contributed by atoms with Crippen LogP contribution in [-0.4, -0.2) is 0 Å². The molecule has 0 saturated carbocycles. The molecule has 32 valence electrons. The van der Waals surface area contributed by atoms with E-state index in [9.17, 15) is 0 Å². The third kappa shape index (κ3) is 0.644. The predicted molar refractivity (Wildman–Crippen MR) is 35.9 cm³/mol. The Morgan fingerprint density at radius 2 is 2.00 bits per heavy atom. The maximum Gasteiger partial charge on any atom is 0.0135 e. The maximum absolute atomic E-state index is 2.29. The van der Waals surface area contributed by atoms with Crippen LogP contribution in [-0.2, 0) is 0 Å². The Labute approximate surface area is 51.1 Å². The molecule has 0 nitrogen and oxygen atoms in total. The van der Waals surface area contributed by atoms with Crippen LogP contribution >= 0.6 is 22.6 Å². The van der Waals surface area contributed by atoms with Crippen molar-refractivity contribution in [1.29, 1.82) is 0 Å². The first-order valence-electron chi connectivity index (χ1n) is 1.84. The highest BCUT2D eigenvalue weighted by atomic mass is 127. The molecule has 1 rings (SSSR count). The SMILES string of the molecule is CC1=CC(I)=C1. The molecule has 0 amide bonds. The molecule has 0 bridgehead atoms. The van der Waals surface area contributed by atoms with Gasteiger partial charge in [0.15, 0.2) is 0 Å². The molecule has 0 fully saturated rings. The molecule has 0 aromatic rings. The standard InChI is InChI=1S/C5H5I/c1-4-2-5(6)3-4/h2-3H,1H3. The molecule has 0 heterocycles. The molecule has 0 aromatic heterocycles. The predicted octanol–water partition coefficient (Wildman–Crippen LogP) is 2.27. The fourth-order valence-electron chi connectivity index (χ4n) is 0.422. The van der Waals surface area contributed by atoms with Crippen molar-refractivity contribution >= 4 is 22.6 Å². The number of allylic oxidation sites excluding steroid dienone is 4. The summed E-state index contributed by atoms with van der Waals surface area (Å²) in [6.07, 6.45) is 4.31. The highest BCUT2D eigenvalue weighted by Gasteiger charge is 1.95. The molecular formula is C5H5I. The second-order valence-electron chi connectivity index (χ2n) is 1.42. The largest absolute Gasteiger partial charge is 0.0490 e. The van der Waals surface area contributed by atoms with E-state index in [0.717, 1.165) is 0 Å². The van der Waals surface area contributed by atoms with Crippen LogP contribution in [0.5, 0.6) is 0 Å². The molecule has 0 radical (unpaired) electrons. The van der Waals surface area contributed by atoms with Crippen molar-refractivity contribution in [3.8, 4) is 0 Å². The first-order chi connectivity index (χ1) is 2.79. The van der Waals surface area contributed by atoms with Crippen LogP contribution in [0.3, 0.4) is 0 Å². The summed E-state index contributed by atoms with van der Waals surface area (Å²) < 4.78 is 1.37. The average molecular weight is 192 g/mol. The minimum Gasteiger partial charge on any atom is -0.0490 e. The summed E-state index contributed by atoms with van der Waals surface area (Å²) in [5.74, 6) is 0. The van der Waals surface area contributed by atoms with E-state index in [0.29, 0.717) is 0 Å². The van der Waals surface area contributed by atoms with Crippen molar-refractivity contribution in [3.63, 3.8) is 0 Å². The summed E-state index contributed by atoms with van der Waals surface area (Å²) in [4.78, 5) is 0. The molecule has 1 aliphatic carbocycles. The molecular weight excluding hydrogens is 187 g/mol. The van der Waals surface area contributed by atoms with Crippen LogP contribution in [0.2, 0.25) is 0 Å². The van der Waals surface area contributed by atoms with Gasteiger partial charge in [0, 0.05) is 3.58 Å². The van der Waals surface area contributed by atoms with E-state index in [-0.39, 0.29) is 0 Å². The lowest BCUT2D eigenvalue weighted by Crippen LogP contribution is -1.79. The zero-order valence-corrected chi connectivity index (χ0v) is 5.69. The molecule has 0 aromatic carbocycles. The summed E-state index contributed by atoms with van der Waals surface area (Å²) >= 11 is 2.29. The number of hydrogen-bond acceptors (Lipinski definition) is 0. The van der Waals surface area contributed by atoms with Crippen LogP contribution in [0.25, 0.3) is 0 Å². The van der Waals surface area contributed by atoms with E-state index in [1.165, 1.54) is 9.15 Å². The van der Waals surface area contributed by atoms with Crippen molar-refractivity contribution in [2.45, 2.75) is 6.92 Å². The van der Waals surface area contributed by atoms with Gasteiger partial charge in [-0.25, -0.2) is 0 Å². The zero-order valence-electron chi connectivity index (χ0n) is 3.53. The Balaban J connectivity index is 2.57. The molecule has 0 atom stereocenters. The summed E-state index contributed by atoms with van der Waals surface area (Å²) in [5.41, 5.74) is 1.39. The Hall–Kier alpha value is 0.210. The third-order valence-corrected chi connectivity index (χ3v) is 1.35. The van der Waals surface area contributed by atoms with Gasteiger partial charge in [0.05, 0.1) is 0 Å². The van der Waals surface area contributed by atoms with E-state index in [2.05, 4.69) is 41.7 Å². The summed E-state index contributed by atoms with van der Waals surface area (Å²) in [7, 11) is 0. The minimum atomic E-state index is 1.37. The second kappa shape index (κ2) is 1.37. The smallest absolute Gasteiger partial charge is 0.0135 e. The normalized spacial score (nSPS) is 18.3. The molecule has 0 aliphatic heterocycles. The lowest BCUT2D eigenvalue weighted by Gasteiger charge is -2.01. The number of hydrogen-bond donors (Lipinski definition) is 0. The molecule has 0 N–H and O–H groups in total. The molecule has 0 unspecified atom stereocenters. The fraction of sp³-hybridized carbons (Fsp3) is 0.200. The topological polar surface area (TPSA) is 0 Å². The van der Waals surface area contributed by atoms with E-state index in [1.54, 1.807) is 0 Å². The van der Waals surface area contributed by atoms with Gasteiger partial charge >= 0.3 is 0 Å². The molecule has 6 heavy (non-hydrogen) atoms. The van der Waals surface area contributed by atoms with Gasteiger partial charge in [-0.1, -0.05) is 0 Å². The Morgan fingerprint density at radius 3 is 2.00 bits per heavy atom.